The summed E-state index contributed by atoms with van der Waals surface area (Å²) >= 11 is 0. The number of carboxylic acids is 1. The van der Waals surface area contributed by atoms with Gasteiger partial charge in [0.1, 0.15) is 29.9 Å². The summed E-state index contributed by atoms with van der Waals surface area (Å²) in [5.74, 6) is -3.96. The summed E-state index contributed by atoms with van der Waals surface area (Å²) in [5, 5.41) is 36.4. The first-order chi connectivity index (χ1) is 18.3. The Balaban J connectivity index is 3.12. The highest BCUT2D eigenvalue weighted by molar-refractivity contribution is 5.94. The zero-order valence-electron chi connectivity index (χ0n) is 22.5. The summed E-state index contributed by atoms with van der Waals surface area (Å²) in [6.45, 7) is 5.04. The van der Waals surface area contributed by atoms with Crippen LogP contribution in [0.4, 0.5) is 0 Å². The van der Waals surface area contributed by atoms with Crippen LogP contribution in [-0.2, 0) is 25.6 Å². The van der Waals surface area contributed by atoms with Crippen LogP contribution in [0.15, 0.2) is 29.3 Å². The zero-order chi connectivity index (χ0) is 29.7. The van der Waals surface area contributed by atoms with Gasteiger partial charge in [0.2, 0.25) is 17.7 Å². The normalized spacial score (nSPS) is 15.5. The topological polar surface area (TPSA) is 255 Å². The van der Waals surface area contributed by atoms with Gasteiger partial charge in [-0.3, -0.25) is 19.4 Å². The molecule has 0 aliphatic heterocycles. The number of benzene rings is 1. The van der Waals surface area contributed by atoms with Crippen molar-refractivity contribution in [3.63, 3.8) is 0 Å². The number of aliphatic imine (C=N–C) groups is 1. The number of nitrogens with one attached hydrogen (secondary N) is 3. The number of guanidine groups is 1. The minimum absolute atomic E-state index is 0.00978. The molecule has 6 atom stereocenters. The molecule has 6 unspecified atom stereocenters. The van der Waals surface area contributed by atoms with E-state index >= 15 is 0 Å². The molecule has 0 saturated heterocycles. The van der Waals surface area contributed by atoms with Gasteiger partial charge in [0.05, 0.1) is 6.10 Å². The van der Waals surface area contributed by atoms with E-state index in [-0.39, 0.29) is 43.4 Å². The van der Waals surface area contributed by atoms with Crippen LogP contribution >= 0.6 is 0 Å². The summed E-state index contributed by atoms with van der Waals surface area (Å²) < 4.78 is 0. The molecule has 14 nitrogen and oxygen atoms in total. The van der Waals surface area contributed by atoms with E-state index < -0.39 is 54.0 Å². The van der Waals surface area contributed by atoms with Crippen molar-refractivity contribution in [2.75, 3.05) is 6.54 Å². The molecule has 1 rings (SSSR count). The van der Waals surface area contributed by atoms with E-state index in [0.717, 1.165) is 0 Å². The molecule has 0 radical (unpaired) electrons. The van der Waals surface area contributed by atoms with Crippen LogP contribution in [0.3, 0.4) is 0 Å². The number of aromatic hydroxyl groups is 1. The lowest BCUT2D eigenvalue weighted by atomic mass is 9.96. The van der Waals surface area contributed by atoms with E-state index in [1.807, 2.05) is 6.92 Å². The Bertz CT molecular complexity index is 997. The SMILES string of the molecule is CCC(C)C(NC(=O)C(N)C(C)O)C(=O)NC(CCCN=C(N)N)C(=O)NC(Cc1ccc(O)cc1)C(=O)O. The Hall–Kier alpha value is -3.91. The summed E-state index contributed by atoms with van der Waals surface area (Å²) in [6, 6.07) is 1.01. The third-order valence-electron chi connectivity index (χ3n) is 6.18. The van der Waals surface area contributed by atoms with Crippen molar-refractivity contribution in [1.29, 1.82) is 0 Å². The van der Waals surface area contributed by atoms with Crippen LogP contribution < -0.4 is 33.2 Å². The summed E-state index contributed by atoms with van der Waals surface area (Å²) in [7, 11) is 0. The molecule has 0 aliphatic rings. The lowest BCUT2D eigenvalue weighted by molar-refractivity contribution is -0.142. The Morgan fingerprint density at radius 2 is 1.54 bits per heavy atom. The second kappa shape index (κ2) is 16.1. The van der Waals surface area contributed by atoms with Crippen LogP contribution in [0, 0.1) is 5.92 Å². The van der Waals surface area contributed by atoms with Crippen molar-refractivity contribution in [2.45, 2.75) is 76.7 Å². The molecule has 1 aromatic carbocycles. The number of carbonyl (C=O) groups is 4. The van der Waals surface area contributed by atoms with Gasteiger partial charge in [-0.2, -0.15) is 0 Å². The molecular weight excluding hydrogens is 510 g/mol. The maximum Gasteiger partial charge on any atom is 0.326 e. The first kappa shape index (κ1) is 33.1. The molecule has 1 aromatic rings. The van der Waals surface area contributed by atoms with Gasteiger partial charge in [-0.25, -0.2) is 4.79 Å². The van der Waals surface area contributed by atoms with Crippen LogP contribution in [-0.4, -0.2) is 81.8 Å². The summed E-state index contributed by atoms with van der Waals surface area (Å²) in [4.78, 5) is 54.6. The first-order valence-corrected chi connectivity index (χ1v) is 12.7. The number of aliphatic carboxylic acids is 1. The van der Waals surface area contributed by atoms with Crippen molar-refractivity contribution < 1.29 is 34.5 Å². The van der Waals surface area contributed by atoms with Crippen LogP contribution in [0.2, 0.25) is 0 Å². The van der Waals surface area contributed by atoms with Gasteiger partial charge in [0.15, 0.2) is 5.96 Å². The molecule has 0 saturated carbocycles. The molecule has 14 heteroatoms. The fraction of sp³-hybridized carbons (Fsp3) is 0.560. The van der Waals surface area contributed by atoms with Crippen LogP contribution in [0.1, 0.15) is 45.6 Å². The first-order valence-electron chi connectivity index (χ1n) is 12.7. The van der Waals surface area contributed by atoms with Gasteiger partial charge in [0, 0.05) is 13.0 Å². The van der Waals surface area contributed by atoms with E-state index in [4.69, 9.17) is 17.2 Å². The van der Waals surface area contributed by atoms with E-state index in [0.29, 0.717) is 12.0 Å². The quantitative estimate of drug-likeness (QED) is 0.0638. The lowest BCUT2D eigenvalue weighted by Crippen LogP contribution is -2.59. The molecule has 39 heavy (non-hydrogen) atoms. The molecule has 0 bridgehead atoms. The average Bonchev–Trinajstić information content (AvgIpc) is 2.88. The van der Waals surface area contributed by atoms with Crippen molar-refractivity contribution in [3.05, 3.63) is 29.8 Å². The Kier molecular flexibility index (Phi) is 13.7. The summed E-state index contributed by atoms with van der Waals surface area (Å²) in [6.07, 6.45) is -0.384. The van der Waals surface area contributed by atoms with E-state index in [1.165, 1.54) is 31.2 Å². The number of phenolic OH excluding ortho intramolecular Hbond substituents is 1. The van der Waals surface area contributed by atoms with Gasteiger partial charge in [0.25, 0.3) is 0 Å². The van der Waals surface area contributed by atoms with E-state index in [2.05, 4.69) is 20.9 Å². The molecule has 0 spiro atoms. The second-order valence-corrected chi connectivity index (χ2v) is 9.42. The van der Waals surface area contributed by atoms with Gasteiger partial charge >= 0.3 is 5.97 Å². The maximum absolute atomic E-state index is 13.3. The predicted molar refractivity (Wildman–Crippen MR) is 144 cm³/mol. The number of carbonyl (C=O) groups excluding carboxylic acids is 3. The smallest absolute Gasteiger partial charge is 0.326 e. The highest BCUT2D eigenvalue weighted by Gasteiger charge is 2.33. The molecule has 0 heterocycles. The zero-order valence-corrected chi connectivity index (χ0v) is 22.5. The Morgan fingerprint density at radius 3 is 2.05 bits per heavy atom. The highest BCUT2D eigenvalue weighted by atomic mass is 16.4. The number of amides is 3. The fourth-order valence-electron chi connectivity index (χ4n) is 3.54. The van der Waals surface area contributed by atoms with E-state index in [9.17, 15) is 34.5 Å². The third-order valence-corrected chi connectivity index (χ3v) is 6.18. The molecule has 218 valence electrons. The monoisotopic (exact) mass is 551 g/mol. The number of carboxylic acid groups (broad SMARTS) is 1. The van der Waals surface area contributed by atoms with Crippen LogP contribution in [0.25, 0.3) is 0 Å². The van der Waals surface area contributed by atoms with Gasteiger partial charge in [-0.1, -0.05) is 32.4 Å². The Morgan fingerprint density at radius 1 is 0.949 bits per heavy atom. The van der Waals surface area contributed by atoms with Crippen LogP contribution in [0.5, 0.6) is 5.75 Å². The molecule has 0 fully saturated rings. The lowest BCUT2D eigenvalue weighted by Gasteiger charge is -2.28. The molecule has 3 amide bonds. The number of aliphatic hydroxyl groups excluding tert-OH is 1. The van der Waals surface area contributed by atoms with Gasteiger partial charge in [-0.05, 0) is 43.4 Å². The molecule has 12 N–H and O–H groups in total. The van der Waals surface area contributed by atoms with Gasteiger partial charge < -0.3 is 48.5 Å². The number of nitrogens with two attached hydrogens (primary N) is 3. The number of aliphatic hydroxyl groups is 1. The largest absolute Gasteiger partial charge is 0.508 e. The highest BCUT2D eigenvalue weighted by Crippen LogP contribution is 2.13. The number of hydrogen-bond acceptors (Lipinski definition) is 8. The second-order valence-electron chi connectivity index (χ2n) is 9.42. The van der Waals surface area contributed by atoms with E-state index in [1.54, 1.807) is 6.92 Å². The van der Waals surface area contributed by atoms with Crippen molar-refractivity contribution in [2.24, 2.45) is 28.1 Å². The van der Waals surface area contributed by atoms with Gasteiger partial charge in [-0.15, -0.1) is 0 Å². The predicted octanol–water partition coefficient (Wildman–Crippen LogP) is -1.72. The molecule has 0 aromatic heterocycles. The number of nitrogens with zero attached hydrogens (tertiary/aromatic N) is 1. The fourth-order valence-corrected chi connectivity index (χ4v) is 3.54. The number of rotatable bonds is 16. The Labute approximate surface area is 227 Å². The molecular formula is C25H41N7O7. The third kappa shape index (κ3) is 11.6. The van der Waals surface area contributed by atoms with Crippen molar-refractivity contribution in [3.8, 4) is 5.75 Å². The molecule has 0 aliphatic carbocycles. The van der Waals surface area contributed by atoms with Crippen molar-refractivity contribution >= 4 is 29.7 Å². The number of phenols is 1. The maximum atomic E-state index is 13.3. The average molecular weight is 552 g/mol. The number of hydrogen-bond donors (Lipinski definition) is 9. The van der Waals surface area contributed by atoms with Crippen molar-refractivity contribution in [1.82, 2.24) is 16.0 Å². The minimum Gasteiger partial charge on any atom is -0.508 e. The summed E-state index contributed by atoms with van der Waals surface area (Å²) in [5.41, 5.74) is 16.9. The minimum atomic E-state index is -1.33. The standard InChI is InChI=1S/C25H41N7O7/c1-4-13(2)20(32-22(36)19(26)14(3)33)23(37)30-17(6-5-11-29-25(27)28)21(35)31-18(24(38)39)12-15-7-9-16(34)10-8-15/h7-10,13-14,17-20,33-34H,4-6,11-12,26H2,1-3H3,(H,30,37)(H,31,35)(H,32,36)(H,38,39)(H4,27,28,29).